The summed E-state index contributed by atoms with van der Waals surface area (Å²) < 4.78 is 0. The zero-order valence-corrected chi connectivity index (χ0v) is 14.9. The molecule has 2 N–H and O–H groups in total. The Labute approximate surface area is 157 Å². The standard InChI is InChI=1S/C22H20N2O3/c1-16-12-13-19(20(25)14-16)23-21(26)22(27)24(18-10-6-3-7-11-18)15-17-8-4-2-5-9-17/h2-14,25H,15H2,1H3,(H,23,26). The van der Waals surface area contributed by atoms with Crippen LogP contribution in [0, 0.1) is 6.92 Å². The van der Waals surface area contributed by atoms with E-state index >= 15 is 0 Å². The molecule has 5 nitrogen and oxygen atoms in total. The first-order valence-corrected chi connectivity index (χ1v) is 8.56. The molecule has 3 rings (SSSR count). The zero-order valence-electron chi connectivity index (χ0n) is 14.9. The number of amides is 2. The van der Waals surface area contributed by atoms with Crippen LogP contribution < -0.4 is 10.2 Å². The highest BCUT2D eigenvalue weighted by molar-refractivity contribution is 6.44. The maximum absolute atomic E-state index is 12.9. The lowest BCUT2D eigenvalue weighted by Gasteiger charge is -2.22. The molecule has 0 aromatic heterocycles. The van der Waals surface area contributed by atoms with Gasteiger partial charge in [-0.1, -0.05) is 54.6 Å². The van der Waals surface area contributed by atoms with Crippen molar-refractivity contribution in [1.82, 2.24) is 0 Å². The predicted octanol–water partition coefficient (Wildman–Crippen LogP) is 3.87. The highest BCUT2D eigenvalue weighted by Crippen LogP contribution is 2.24. The molecule has 0 saturated heterocycles. The molecule has 0 fully saturated rings. The lowest BCUT2D eigenvalue weighted by molar-refractivity contribution is -0.134. The summed E-state index contributed by atoms with van der Waals surface area (Å²) >= 11 is 0. The number of nitrogens with zero attached hydrogens (tertiary/aromatic N) is 1. The third-order valence-corrected chi connectivity index (χ3v) is 4.09. The number of hydrogen-bond donors (Lipinski definition) is 2. The third-order valence-electron chi connectivity index (χ3n) is 4.09. The minimum absolute atomic E-state index is 0.0783. The maximum Gasteiger partial charge on any atom is 0.316 e. The molecule has 0 aliphatic rings. The SMILES string of the molecule is Cc1ccc(NC(=O)C(=O)N(Cc2ccccc2)c2ccccc2)c(O)c1. The molecule has 136 valence electrons. The molecule has 0 aliphatic heterocycles. The lowest BCUT2D eigenvalue weighted by atomic mass is 10.2. The van der Waals surface area contributed by atoms with Crippen LogP contribution in [0.25, 0.3) is 0 Å². The fraction of sp³-hybridized carbons (Fsp3) is 0.0909. The van der Waals surface area contributed by atoms with Gasteiger partial charge in [0.25, 0.3) is 0 Å². The van der Waals surface area contributed by atoms with Gasteiger partial charge in [-0.05, 0) is 42.3 Å². The molecule has 27 heavy (non-hydrogen) atoms. The lowest BCUT2D eigenvalue weighted by Crippen LogP contribution is -2.39. The van der Waals surface area contributed by atoms with Gasteiger partial charge in [0.15, 0.2) is 0 Å². The van der Waals surface area contributed by atoms with Crippen LogP contribution in [0.5, 0.6) is 5.75 Å². The number of hydrogen-bond acceptors (Lipinski definition) is 3. The number of rotatable bonds is 4. The number of carbonyl (C=O) groups is 2. The minimum atomic E-state index is -0.811. The van der Waals surface area contributed by atoms with Crippen LogP contribution in [0.1, 0.15) is 11.1 Å². The van der Waals surface area contributed by atoms with E-state index in [2.05, 4.69) is 5.32 Å². The Morgan fingerprint density at radius 3 is 2.19 bits per heavy atom. The average molecular weight is 360 g/mol. The monoisotopic (exact) mass is 360 g/mol. The van der Waals surface area contributed by atoms with E-state index in [1.807, 2.05) is 55.5 Å². The van der Waals surface area contributed by atoms with Crippen molar-refractivity contribution >= 4 is 23.2 Å². The van der Waals surface area contributed by atoms with E-state index in [1.54, 1.807) is 24.3 Å². The molecule has 0 spiro atoms. The highest BCUT2D eigenvalue weighted by Gasteiger charge is 2.24. The second kappa shape index (κ2) is 8.19. The van der Waals surface area contributed by atoms with Gasteiger partial charge < -0.3 is 10.4 Å². The van der Waals surface area contributed by atoms with E-state index < -0.39 is 11.8 Å². The topological polar surface area (TPSA) is 69.6 Å². The van der Waals surface area contributed by atoms with Gasteiger partial charge in [-0.25, -0.2) is 0 Å². The Morgan fingerprint density at radius 1 is 0.926 bits per heavy atom. The van der Waals surface area contributed by atoms with Crippen LogP contribution in [0.3, 0.4) is 0 Å². The fourth-order valence-corrected chi connectivity index (χ4v) is 2.70. The summed E-state index contributed by atoms with van der Waals surface area (Å²) in [7, 11) is 0. The van der Waals surface area contributed by atoms with Crippen molar-refractivity contribution in [3.05, 3.63) is 90.0 Å². The number of aromatic hydroxyl groups is 1. The number of phenolic OH excluding ortho intramolecular Hbond substituents is 1. The van der Waals surface area contributed by atoms with E-state index in [1.165, 1.54) is 11.0 Å². The summed E-state index contributed by atoms with van der Waals surface area (Å²) in [5.41, 5.74) is 2.58. The smallest absolute Gasteiger partial charge is 0.316 e. The van der Waals surface area contributed by atoms with Gasteiger partial charge in [-0.15, -0.1) is 0 Å². The van der Waals surface area contributed by atoms with E-state index in [-0.39, 0.29) is 18.0 Å². The van der Waals surface area contributed by atoms with Gasteiger partial charge >= 0.3 is 11.8 Å². The second-order valence-electron chi connectivity index (χ2n) is 6.19. The van der Waals surface area contributed by atoms with E-state index in [4.69, 9.17) is 0 Å². The second-order valence-corrected chi connectivity index (χ2v) is 6.19. The summed E-state index contributed by atoms with van der Waals surface area (Å²) in [4.78, 5) is 26.8. The van der Waals surface area contributed by atoms with Crippen LogP contribution >= 0.6 is 0 Å². The van der Waals surface area contributed by atoms with Crippen molar-refractivity contribution in [3.8, 4) is 5.75 Å². The number of carbonyl (C=O) groups excluding carboxylic acids is 2. The average Bonchev–Trinajstić information content (AvgIpc) is 2.69. The molecule has 0 bridgehead atoms. The molecule has 5 heteroatoms. The van der Waals surface area contributed by atoms with Crippen molar-refractivity contribution in [2.75, 3.05) is 10.2 Å². The van der Waals surface area contributed by atoms with Gasteiger partial charge in [0.1, 0.15) is 5.75 Å². The number of phenols is 1. The molecule has 0 heterocycles. The molecule has 3 aromatic carbocycles. The molecule has 0 unspecified atom stereocenters. The molecule has 0 atom stereocenters. The quantitative estimate of drug-likeness (QED) is 0.548. The van der Waals surface area contributed by atoms with Gasteiger partial charge in [0.2, 0.25) is 0 Å². The summed E-state index contributed by atoms with van der Waals surface area (Å²) in [6.45, 7) is 2.09. The van der Waals surface area contributed by atoms with Crippen molar-refractivity contribution in [2.45, 2.75) is 13.5 Å². The molecule has 0 saturated carbocycles. The van der Waals surface area contributed by atoms with Crippen molar-refractivity contribution in [1.29, 1.82) is 0 Å². The molecular weight excluding hydrogens is 340 g/mol. The summed E-state index contributed by atoms with van der Waals surface area (Å²) in [6.07, 6.45) is 0. The van der Waals surface area contributed by atoms with Gasteiger partial charge in [0, 0.05) is 5.69 Å². The zero-order chi connectivity index (χ0) is 19.2. The maximum atomic E-state index is 12.9. The molecule has 3 aromatic rings. The van der Waals surface area contributed by atoms with E-state index in [9.17, 15) is 14.7 Å². The Balaban J connectivity index is 1.84. The van der Waals surface area contributed by atoms with Crippen LogP contribution in [-0.2, 0) is 16.1 Å². The van der Waals surface area contributed by atoms with E-state index in [0.29, 0.717) is 5.69 Å². The predicted molar refractivity (Wildman–Crippen MR) is 106 cm³/mol. The highest BCUT2D eigenvalue weighted by atomic mass is 16.3. The first-order chi connectivity index (χ1) is 13.0. The van der Waals surface area contributed by atoms with Crippen LogP contribution in [0.4, 0.5) is 11.4 Å². The van der Waals surface area contributed by atoms with Crippen molar-refractivity contribution < 1.29 is 14.7 Å². The van der Waals surface area contributed by atoms with Crippen LogP contribution in [-0.4, -0.2) is 16.9 Å². The minimum Gasteiger partial charge on any atom is -0.506 e. The van der Waals surface area contributed by atoms with Gasteiger partial charge in [0.05, 0.1) is 12.2 Å². The van der Waals surface area contributed by atoms with Crippen molar-refractivity contribution in [3.63, 3.8) is 0 Å². The van der Waals surface area contributed by atoms with Crippen LogP contribution in [0.2, 0.25) is 0 Å². The van der Waals surface area contributed by atoms with Crippen molar-refractivity contribution in [2.24, 2.45) is 0 Å². The third kappa shape index (κ3) is 4.52. The normalized spacial score (nSPS) is 10.3. The van der Waals surface area contributed by atoms with Gasteiger partial charge in [-0.2, -0.15) is 0 Å². The number of anilines is 2. The Kier molecular flexibility index (Phi) is 5.52. The largest absolute Gasteiger partial charge is 0.506 e. The molecule has 0 radical (unpaired) electrons. The first-order valence-electron chi connectivity index (χ1n) is 8.56. The Morgan fingerprint density at radius 2 is 1.56 bits per heavy atom. The van der Waals surface area contributed by atoms with Gasteiger partial charge in [-0.3, -0.25) is 14.5 Å². The molecular formula is C22H20N2O3. The fourth-order valence-electron chi connectivity index (χ4n) is 2.70. The Hall–Kier alpha value is -3.60. The summed E-state index contributed by atoms with van der Waals surface area (Å²) in [5.74, 6) is -1.59. The summed E-state index contributed by atoms with van der Waals surface area (Å²) in [5, 5.41) is 12.5. The number of para-hydroxylation sites is 1. The number of aryl methyl sites for hydroxylation is 1. The van der Waals surface area contributed by atoms with Crippen LogP contribution in [0.15, 0.2) is 78.9 Å². The van der Waals surface area contributed by atoms with E-state index in [0.717, 1.165) is 11.1 Å². The summed E-state index contributed by atoms with van der Waals surface area (Å²) in [6, 6.07) is 23.3. The number of benzene rings is 3. The molecule has 0 aliphatic carbocycles. The Bertz CT molecular complexity index is 940. The first kappa shape index (κ1) is 18.2. The number of nitrogens with one attached hydrogen (secondary N) is 1. The molecule has 2 amide bonds.